The first-order valence-corrected chi connectivity index (χ1v) is 7.98. The average molecular weight is 331 g/mol. The van der Waals surface area contributed by atoms with Gasteiger partial charge >= 0.3 is 0 Å². The van der Waals surface area contributed by atoms with E-state index < -0.39 is 10.0 Å². The standard InChI is InChI=1S/C12H15ClN4O3S/c1-8-5-9(7-10(13)6-8)11-15-16-12(21(14,18)19)17(11)3-4-20-2/h5-7H,3-4H2,1-2H3,(H2,14,18,19). The normalized spacial score (nSPS) is 11.8. The van der Waals surface area contributed by atoms with Crippen LogP contribution in [0.5, 0.6) is 0 Å². The van der Waals surface area contributed by atoms with Gasteiger partial charge in [-0.3, -0.25) is 4.57 Å². The summed E-state index contributed by atoms with van der Waals surface area (Å²) < 4.78 is 29.6. The number of nitrogens with two attached hydrogens (primary N) is 1. The van der Waals surface area contributed by atoms with Crippen LogP contribution in [0.1, 0.15) is 5.56 Å². The Bertz CT molecular complexity index is 738. The van der Waals surface area contributed by atoms with Gasteiger partial charge in [0.15, 0.2) is 5.82 Å². The van der Waals surface area contributed by atoms with E-state index in [1.807, 2.05) is 13.0 Å². The molecule has 114 valence electrons. The summed E-state index contributed by atoms with van der Waals surface area (Å²) in [6.45, 7) is 2.44. The average Bonchev–Trinajstić information content (AvgIpc) is 2.78. The Hall–Kier alpha value is -1.48. The number of hydrogen-bond donors (Lipinski definition) is 1. The molecule has 7 nitrogen and oxygen atoms in total. The Morgan fingerprint density at radius 2 is 2.05 bits per heavy atom. The van der Waals surface area contributed by atoms with Crippen LogP contribution in [0.25, 0.3) is 11.4 Å². The molecule has 0 aliphatic heterocycles. The van der Waals surface area contributed by atoms with Gasteiger partial charge in [-0.15, -0.1) is 10.2 Å². The maximum Gasteiger partial charge on any atom is 0.273 e. The molecule has 0 aliphatic carbocycles. The zero-order chi connectivity index (χ0) is 15.6. The fraction of sp³-hybridized carbons (Fsp3) is 0.333. The van der Waals surface area contributed by atoms with Crippen LogP contribution >= 0.6 is 11.6 Å². The molecule has 2 rings (SSSR count). The predicted molar refractivity (Wildman–Crippen MR) is 78.5 cm³/mol. The molecular formula is C12H15ClN4O3S. The number of rotatable bonds is 5. The van der Waals surface area contributed by atoms with Crippen LogP contribution in [0.2, 0.25) is 5.02 Å². The van der Waals surface area contributed by atoms with E-state index in [1.54, 1.807) is 12.1 Å². The number of nitrogens with zero attached hydrogens (tertiary/aromatic N) is 3. The van der Waals surface area contributed by atoms with Crippen LogP contribution in [0, 0.1) is 6.92 Å². The van der Waals surface area contributed by atoms with Crippen LogP contribution in [0.15, 0.2) is 23.4 Å². The summed E-state index contributed by atoms with van der Waals surface area (Å²) in [4.78, 5) is 0. The monoisotopic (exact) mass is 330 g/mol. The van der Waals surface area contributed by atoms with Crippen molar-refractivity contribution >= 4 is 21.6 Å². The van der Waals surface area contributed by atoms with E-state index in [4.69, 9.17) is 21.5 Å². The van der Waals surface area contributed by atoms with E-state index in [0.717, 1.165) is 5.56 Å². The summed E-state index contributed by atoms with van der Waals surface area (Å²) in [5.41, 5.74) is 1.59. The Morgan fingerprint density at radius 1 is 1.33 bits per heavy atom. The topological polar surface area (TPSA) is 100 Å². The number of aromatic nitrogens is 3. The van der Waals surface area contributed by atoms with Gasteiger partial charge in [0.25, 0.3) is 15.2 Å². The van der Waals surface area contributed by atoms with Crippen molar-refractivity contribution in [3.63, 3.8) is 0 Å². The third kappa shape index (κ3) is 3.59. The third-order valence-corrected chi connectivity index (χ3v) is 3.82. The van der Waals surface area contributed by atoms with Crippen LogP contribution in [0.3, 0.4) is 0 Å². The van der Waals surface area contributed by atoms with E-state index in [0.29, 0.717) is 23.0 Å². The second-order valence-electron chi connectivity index (χ2n) is 4.51. The summed E-state index contributed by atoms with van der Waals surface area (Å²) >= 11 is 6.03. The molecule has 9 heteroatoms. The molecule has 2 aromatic rings. The van der Waals surface area contributed by atoms with Crippen LogP contribution in [-0.4, -0.2) is 36.9 Å². The molecule has 0 aliphatic rings. The zero-order valence-electron chi connectivity index (χ0n) is 11.6. The summed E-state index contributed by atoms with van der Waals surface area (Å²) in [7, 11) is -2.45. The Morgan fingerprint density at radius 3 is 2.62 bits per heavy atom. The van der Waals surface area contributed by atoms with E-state index in [2.05, 4.69) is 10.2 Å². The lowest BCUT2D eigenvalue weighted by Gasteiger charge is -2.09. The van der Waals surface area contributed by atoms with Crippen molar-refractivity contribution in [2.75, 3.05) is 13.7 Å². The molecule has 0 radical (unpaired) electrons. The first-order chi connectivity index (χ1) is 9.82. The Labute approximate surface area is 127 Å². The number of ether oxygens (including phenoxy) is 1. The van der Waals surface area contributed by atoms with Gasteiger partial charge in [0.1, 0.15) is 0 Å². The van der Waals surface area contributed by atoms with E-state index in [9.17, 15) is 8.42 Å². The number of benzene rings is 1. The van der Waals surface area contributed by atoms with E-state index in [1.165, 1.54) is 11.7 Å². The van der Waals surface area contributed by atoms with Crippen molar-refractivity contribution in [1.29, 1.82) is 0 Å². The lowest BCUT2D eigenvalue weighted by molar-refractivity contribution is 0.185. The Kier molecular flexibility index (Phi) is 4.62. The minimum atomic E-state index is -3.97. The van der Waals surface area contributed by atoms with E-state index in [-0.39, 0.29) is 11.7 Å². The molecule has 0 atom stereocenters. The lowest BCUT2D eigenvalue weighted by atomic mass is 10.1. The lowest BCUT2D eigenvalue weighted by Crippen LogP contribution is -2.20. The Balaban J connectivity index is 2.60. The van der Waals surface area contributed by atoms with Crippen molar-refractivity contribution in [3.8, 4) is 11.4 Å². The maximum atomic E-state index is 11.6. The molecule has 1 aromatic carbocycles. The van der Waals surface area contributed by atoms with Gasteiger partial charge in [0, 0.05) is 17.7 Å². The fourth-order valence-electron chi connectivity index (χ4n) is 1.96. The molecule has 0 unspecified atom stereocenters. The van der Waals surface area contributed by atoms with Crippen LogP contribution in [0.4, 0.5) is 0 Å². The third-order valence-electron chi connectivity index (χ3n) is 2.79. The second-order valence-corrected chi connectivity index (χ2v) is 6.40. The maximum absolute atomic E-state index is 11.6. The quantitative estimate of drug-likeness (QED) is 0.887. The first-order valence-electron chi connectivity index (χ1n) is 6.05. The van der Waals surface area contributed by atoms with Gasteiger partial charge in [0.05, 0.1) is 13.2 Å². The van der Waals surface area contributed by atoms with Crippen LogP contribution in [-0.2, 0) is 21.3 Å². The highest BCUT2D eigenvalue weighted by Gasteiger charge is 2.22. The van der Waals surface area contributed by atoms with Gasteiger partial charge < -0.3 is 4.74 Å². The molecule has 0 saturated heterocycles. The SMILES string of the molecule is COCCn1c(-c2cc(C)cc(Cl)c2)nnc1S(N)(=O)=O. The van der Waals surface area contributed by atoms with Gasteiger partial charge in [-0.25, -0.2) is 13.6 Å². The molecule has 0 saturated carbocycles. The molecular weight excluding hydrogens is 316 g/mol. The summed E-state index contributed by atoms with van der Waals surface area (Å²) in [6, 6.07) is 5.32. The van der Waals surface area contributed by atoms with Gasteiger partial charge in [-0.05, 0) is 30.7 Å². The highest BCUT2D eigenvalue weighted by atomic mass is 35.5. The fourth-order valence-corrected chi connectivity index (χ4v) is 2.89. The highest BCUT2D eigenvalue weighted by molar-refractivity contribution is 7.89. The largest absolute Gasteiger partial charge is 0.383 e. The highest BCUT2D eigenvalue weighted by Crippen LogP contribution is 2.24. The molecule has 0 amide bonds. The minimum Gasteiger partial charge on any atom is -0.383 e. The molecule has 1 aromatic heterocycles. The molecule has 1 heterocycles. The number of aryl methyl sites for hydroxylation is 1. The second kappa shape index (κ2) is 6.10. The van der Waals surface area contributed by atoms with Crippen LogP contribution < -0.4 is 5.14 Å². The van der Waals surface area contributed by atoms with Crippen molar-refractivity contribution in [1.82, 2.24) is 14.8 Å². The van der Waals surface area contributed by atoms with Gasteiger partial charge in [0.2, 0.25) is 0 Å². The first kappa shape index (κ1) is 15.9. The number of methoxy groups -OCH3 is 1. The van der Waals surface area contributed by atoms with Crippen molar-refractivity contribution < 1.29 is 13.2 Å². The summed E-state index contributed by atoms with van der Waals surface area (Å²) in [5.74, 6) is 0.377. The van der Waals surface area contributed by atoms with Crippen molar-refractivity contribution in [2.45, 2.75) is 18.6 Å². The molecule has 0 bridgehead atoms. The summed E-state index contributed by atoms with van der Waals surface area (Å²) in [6.07, 6.45) is 0. The number of primary sulfonamides is 1. The van der Waals surface area contributed by atoms with Gasteiger partial charge in [-0.2, -0.15) is 0 Å². The molecule has 21 heavy (non-hydrogen) atoms. The number of halogens is 1. The molecule has 2 N–H and O–H groups in total. The van der Waals surface area contributed by atoms with Crippen molar-refractivity contribution in [3.05, 3.63) is 28.8 Å². The smallest absolute Gasteiger partial charge is 0.273 e. The molecule has 0 fully saturated rings. The minimum absolute atomic E-state index is 0.260. The number of sulfonamides is 1. The zero-order valence-corrected chi connectivity index (χ0v) is 13.1. The molecule has 0 spiro atoms. The van der Waals surface area contributed by atoms with Gasteiger partial charge in [-0.1, -0.05) is 11.6 Å². The van der Waals surface area contributed by atoms with E-state index >= 15 is 0 Å². The number of hydrogen-bond acceptors (Lipinski definition) is 5. The predicted octanol–water partition coefficient (Wildman–Crippen LogP) is 1.20. The summed E-state index contributed by atoms with van der Waals surface area (Å²) in [5, 5.41) is 13.0. The van der Waals surface area contributed by atoms with Crippen molar-refractivity contribution in [2.24, 2.45) is 5.14 Å².